The molecule has 0 aliphatic heterocycles. The molecular weight excluding hydrogens is 928 g/mol. The molecule has 0 rings (SSSR count). The summed E-state index contributed by atoms with van der Waals surface area (Å²) < 4.78 is 39.5. The van der Waals surface area contributed by atoms with Crippen LogP contribution in [0.25, 0.3) is 0 Å². The number of esters is 3. The van der Waals surface area contributed by atoms with Gasteiger partial charge in [0.1, 0.15) is 12.7 Å². The van der Waals surface area contributed by atoms with Gasteiger partial charge in [0.15, 0.2) is 6.10 Å². The number of rotatable bonds is 52. The van der Waals surface area contributed by atoms with Crippen molar-refractivity contribution in [3.8, 4) is 0 Å². The number of phosphoric acid groups is 1. The Morgan fingerprint density at radius 2 is 0.750 bits per heavy atom. The van der Waals surface area contributed by atoms with E-state index in [0.29, 0.717) is 19.3 Å². The predicted molar refractivity (Wildman–Crippen MR) is 298 cm³/mol. The van der Waals surface area contributed by atoms with Gasteiger partial charge in [0.05, 0.1) is 19.8 Å². The second kappa shape index (κ2) is 53.9. The molecule has 0 saturated carbocycles. The third-order valence-corrected chi connectivity index (χ3v) is 12.7. The van der Waals surface area contributed by atoms with E-state index in [4.69, 9.17) is 23.3 Å². The Balaban J connectivity index is 4.78. The number of carbonyl (C=O) groups excluding carboxylic acids is 3. The molecule has 0 aliphatic rings. The highest BCUT2D eigenvalue weighted by atomic mass is 31.2. The summed E-state index contributed by atoms with van der Waals surface area (Å²) >= 11 is 0. The second-order valence-corrected chi connectivity index (χ2v) is 20.2. The van der Waals surface area contributed by atoms with Crippen LogP contribution in [-0.2, 0) is 42.2 Å². The van der Waals surface area contributed by atoms with Gasteiger partial charge in [0, 0.05) is 19.3 Å². The Kier molecular flexibility index (Phi) is 51.4. The Hall–Kier alpha value is -3.34. The molecule has 0 spiro atoms. The summed E-state index contributed by atoms with van der Waals surface area (Å²) in [6.45, 7) is 4.40. The minimum Gasteiger partial charge on any atom is -0.462 e. The molecule has 0 radical (unpaired) electrons. The van der Waals surface area contributed by atoms with Gasteiger partial charge in [-0.05, 0) is 109 Å². The fourth-order valence-electron chi connectivity index (χ4n) is 7.44. The number of hydrogen-bond acceptors (Lipinski definition) is 10. The van der Waals surface area contributed by atoms with E-state index in [1.54, 1.807) is 0 Å². The second-order valence-electron chi connectivity index (χ2n) is 18.7. The fraction of sp³-hybridized carbons (Fsp3) is 0.717. The van der Waals surface area contributed by atoms with E-state index in [0.717, 1.165) is 154 Å². The van der Waals surface area contributed by atoms with Crippen LogP contribution in [0, 0.1) is 0 Å². The highest BCUT2D eigenvalue weighted by Gasteiger charge is 2.28. The Morgan fingerprint density at radius 3 is 1.17 bits per heavy atom. The standard InChI is InChI=1S/C60H103O11P/c1-4-7-10-13-16-19-22-25-27-28-30-33-36-39-42-45-48-51-60(64)71-57(53-67-58(62)49-46-43-40-37-34-32-29-26-23-20-17-14-11-8-5-2)55-69-72(65,66)68-54-56(52-61)70-59(63)50-47-44-41-38-35-31-24-21-18-15-12-9-6-3/h7,10,12,15-17,19-21,24-27,29,56-57,61H,4-6,8-9,11,13-14,18,22-23,28,30-55H2,1-3H3,(H,65,66)/b10-7-,15-12-,19-16-,20-17-,24-21-,27-25-,29-26-. The molecule has 0 aromatic rings. The third kappa shape index (κ3) is 51.6. The van der Waals surface area contributed by atoms with Crippen LogP contribution in [0.2, 0.25) is 0 Å². The van der Waals surface area contributed by atoms with E-state index in [2.05, 4.69) is 106 Å². The number of hydrogen-bond donors (Lipinski definition) is 2. The molecule has 0 fully saturated rings. The molecule has 12 heteroatoms. The Labute approximate surface area is 439 Å². The van der Waals surface area contributed by atoms with Gasteiger partial charge < -0.3 is 24.2 Å². The van der Waals surface area contributed by atoms with E-state index in [1.165, 1.54) is 25.7 Å². The molecule has 0 amide bonds. The largest absolute Gasteiger partial charge is 0.472 e. The SMILES string of the molecule is CC/C=C\C/C=C\C/C=C\CCCCCCCCCC(=O)OC(COC(=O)CCCCCCC/C=C\C/C=C\CCCCC)COP(=O)(O)OCC(CO)OC(=O)CCCCCCC/C=C\C/C=C\CCC. The summed E-state index contributed by atoms with van der Waals surface area (Å²) in [7, 11) is -4.76. The highest BCUT2D eigenvalue weighted by molar-refractivity contribution is 7.47. The topological polar surface area (TPSA) is 155 Å². The molecule has 414 valence electrons. The lowest BCUT2D eigenvalue weighted by Crippen LogP contribution is -2.30. The number of allylic oxidation sites excluding steroid dienone is 14. The van der Waals surface area contributed by atoms with Gasteiger partial charge in [-0.25, -0.2) is 4.57 Å². The van der Waals surface area contributed by atoms with Crippen molar-refractivity contribution in [1.29, 1.82) is 0 Å². The number of ether oxygens (including phenoxy) is 3. The lowest BCUT2D eigenvalue weighted by molar-refractivity contribution is -0.161. The zero-order chi connectivity index (χ0) is 52.7. The molecule has 72 heavy (non-hydrogen) atoms. The molecule has 3 atom stereocenters. The van der Waals surface area contributed by atoms with Crippen LogP contribution in [0.5, 0.6) is 0 Å². The van der Waals surface area contributed by atoms with Crippen LogP contribution in [0.4, 0.5) is 0 Å². The molecular formula is C60H103O11P. The number of aliphatic hydroxyl groups is 1. The first-order valence-electron chi connectivity index (χ1n) is 28.5. The first-order chi connectivity index (χ1) is 35.2. The first kappa shape index (κ1) is 68.7. The highest BCUT2D eigenvalue weighted by Crippen LogP contribution is 2.43. The van der Waals surface area contributed by atoms with E-state index < -0.39 is 57.8 Å². The average Bonchev–Trinajstić information content (AvgIpc) is 3.37. The van der Waals surface area contributed by atoms with Crippen LogP contribution in [-0.4, -0.2) is 66.5 Å². The van der Waals surface area contributed by atoms with Crippen LogP contribution in [0.15, 0.2) is 85.1 Å². The van der Waals surface area contributed by atoms with Gasteiger partial charge in [0.2, 0.25) is 0 Å². The summed E-state index contributed by atoms with van der Waals surface area (Å²) in [5.74, 6) is -1.51. The van der Waals surface area contributed by atoms with Gasteiger partial charge in [-0.3, -0.25) is 23.4 Å². The van der Waals surface area contributed by atoms with Gasteiger partial charge in [-0.15, -0.1) is 0 Å². The van der Waals surface area contributed by atoms with E-state index >= 15 is 0 Å². The maximum Gasteiger partial charge on any atom is 0.472 e. The summed E-state index contributed by atoms with van der Waals surface area (Å²) in [6, 6.07) is 0. The first-order valence-corrected chi connectivity index (χ1v) is 30.0. The molecule has 0 heterocycles. The maximum absolute atomic E-state index is 12.9. The lowest BCUT2D eigenvalue weighted by atomic mass is 10.1. The van der Waals surface area contributed by atoms with E-state index in [1.807, 2.05) is 0 Å². The zero-order valence-electron chi connectivity index (χ0n) is 45.6. The van der Waals surface area contributed by atoms with Crippen molar-refractivity contribution >= 4 is 25.7 Å². The smallest absolute Gasteiger partial charge is 0.462 e. The van der Waals surface area contributed by atoms with Crippen molar-refractivity contribution in [2.45, 2.75) is 251 Å². The monoisotopic (exact) mass is 1030 g/mol. The third-order valence-electron chi connectivity index (χ3n) is 11.8. The van der Waals surface area contributed by atoms with Crippen LogP contribution < -0.4 is 0 Å². The molecule has 3 unspecified atom stereocenters. The molecule has 11 nitrogen and oxygen atoms in total. The fourth-order valence-corrected chi connectivity index (χ4v) is 8.22. The van der Waals surface area contributed by atoms with Crippen molar-refractivity contribution in [3.63, 3.8) is 0 Å². The maximum atomic E-state index is 12.9. The predicted octanol–water partition coefficient (Wildman–Crippen LogP) is 16.7. The molecule has 0 bridgehead atoms. The van der Waals surface area contributed by atoms with Crippen molar-refractivity contribution in [1.82, 2.24) is 0 Å². The van der Waals surface area contributed by atoms with Gasteiger partial charge >= 0.3 is 25.7 Å². The van der Waals surface area contributed by atoms with Crippen LogP contribution >= 0.6 is 7.82 Å². The molecule has 0 aromatic carbocycles. The van der Waals surface area contributed by atoms with Crippen LogP contribution in [0.1, 0.15) is 239 Å². The molecule has 0 aliphatic carbocycles. The summed E-state index contributed by atoms with van der Waals surface area (Å²) in [6.07, 6.45) is 61.1. The summed E-state index contributed by atoms with van der Waals surface area (Å²) in [5, 5.41) is 9.80. The minimum atomic E-state index is -4.76. The number of aliphatic hydroxyl groups excluding tert-OH is 1. The van der Waals surface area contributed by atoms with Crippen LogP contribution in [0.3, 0.4) is 0 Å². The van der Waals surface area contributed by atoms with Crippen molar-refractivity contribution in [2.24, 2.45) is 0 Å². The summed E-state index contributed by atoms with van der Waals surface area (Å²) in [5.41, 5.74) is 0. The quantitative estimate of drug-likeness (QED) is 0.0197. The lowest BCUT2D eigenvalue weighted by Gasteiger charge is -2.21. The number of carbonyl (C=O) groups is 3. The van der Waals surface area contributed by atoms with Gasteiger partial charge in [0.25, 0.3) is 0 Å². The molecule has 0 saturated heterocycles. The Bertz CT molecular complexity index is 1530. The van der Waals surface area contributed by atoms with Crippen molar-refractivity contribution in [2.75, 3.05) is 26.4 Å². The van der Waals surface area contributed by atoms with Gasteiger partial charge in [-0.1, -0.05) is 196 Å². The molecule has 0 aromatic heterocycles. The average molecular weight is 1030 g/mol. The zero-order valence-corrected chi connectivity index (χ0v) is 46.5. The van der Waals surface area contributed by atoms with E-state index in [-0.39, 0.29) is 25.9 Å². The number of unbranched alkanes of at least 4 members (excludes halogenated alkanes) is 21. The number of phosphoric ester groups is 1. The minimum absolute atomic E-state index is 0.149. The summed E-state index contributed by atoms with van der Waals surface area (Å²) in [4.78, 5) is 48.5. The molecule has 2 N–H and O–H groups in total. The van der Waals surface area contributed by atoms with Crippen molar-refractivity contribution < 1.29 is 52.2 Å². The van der Waals surface area contributed by atoms with E-state index in [9.17, 15) is 28.9 Å². The van der Waals surface area contributed by atoms with Crippen molar-refractivity contribution in [3.05, 3.63) is 85.1 Å². The normalized spacial score (nSPS) is 14.0. The van der Waals surface area contributed by atoms with Gasteiger partial charge in [-0.2, -0.15) is 0 Å². The Morgan fingerprint density at radius 1 is 0.403 bits per heavy atom.